The van der Waals surface area contributed by atoms with Crippen molar-refractivity contribution in [2.24, 2.45) is 0 Å². The SMILES string of the molecule is CCOC(=O)N(CC)n1nc2c(-c3cc(C)nc(C)c3)c(-c3ccccc3)nc(N)n2c1=O. The van der Waals surface area contributed by atoms with E-state index in [0.29, 0.717) is 11.3 Å². The average Bonchev–Trinajstić information content (AvgIpc) is 3.11. The molecule has 0 radical (unpaired) electrons. The maximum absolute atomic E-state index is 13.3. The van der Waals surface area contributed by atoms with Gasteiger partial charge in [-0.2, -0.15) is 5.01 Å². The molecule has 3 heterocycles. The van der Waals surface area contributed by atoms with Gasteiger partial charge in [0.1, 0.15) is 0 Å². The molecule has 0 unspecified atom stereocenters. The molecule has 0 aliphatic carbocycles. The number of pyridine rings is 1. The first-order valence-electron chi connectivity index (χ1n) is 10.6. The van der Waals surface area contributed by atoms with Gasteiger partial charge in [-0.1, -0.05) is 30.3 Å². The lowest BCUT2D eigenvalue weighted by Gasteiger charge is -2.17. The molecule has 4 rings (SSSR count). The van der Waals surface area contributed by atoms with Gasteiger partial charge in [-0.05, 0) is 45.4 Å². The van der Waals surface area contributed by atoms with Crippen molar-refractivity contribution in [3.8, 4) is 22.4 Å². The summed E-state index contributed by atoms with van der Waals surface area (Å²) in [6.45, 7) is 7.54. The van der Waals surface area contributed by atoms with Crippen LogP contribution in [-0.4, -0.2) is 43.5 Å². The molecule has 2 N–H and O–H groups in total. The van der Waals surface area contributed by atoms with Gasteiger partial charge in [0.25, 0.3) is 0 Å². The molecule has 0 bridgehead atoms. The molecule has 10 heteroatoms. The topological polar surface area (TPSA) is 121 Å². The Balaban J connectivity index is 2.10. The first-order valence-corrected chi connectivity index (χ1v) is 10.6. The van der Waals surface area contributed by atoms with Crippen LogP contribution in [-0.2, 0) is 4.74 Å². The summed E-state index contributed by atoms with van der Waals surface area (Å²) in [6, 6.07) is 13.3. The monoisotopic (exact) mass is 447 g/mol. The van der Waals surface area contributed by atoms with Gasteiger partial charge in [0.05, 0.1) is 17.9 Å². The molecule has 3 aromatic heterocycles. The second-order valence-corrected chi connectivity index (χ2v) is 7.44. The van der Waals surface area contributed by atoms with Crippen molar-refractivity contribution in [1.29, 1.82) is 0 Å². The van der Waals surface area contributed by atoms with E-state index in [1.165, 1.54) is 4.40 Å². The molecule has 0 atom stereocenters. The highest BCUT2D eigenvalue weighted by molar-refractivity contribution is 5.91. The second-order valence-electron chi connectivity index (χ2n) is 7.44. The molecular formula is C23H25N7O3. The van der Waals surface area contributed by atoms with Gasteiger partial charge in [0.15, 0.2) is 5.65 Å². The van der Waals surface area contributed by atoms with E-state index in [9.17, 15) is 9.59 Å². The van der Waals surface area contributed by atoms with E-state index in [2.05, 4.69) is 15.1 Å². The van der Waals surface area contributed by atoms with Crippen molar-refractivity contribution in [3.63, 3.8) is 0 Å². The standard InChI is InChI=1S/C23H25N7O3/c1-5-28(23(32)33-6-2)30-22(31)29-20(27-30)18(17-12-14(3)25-15(4)13-17)19(26-21(29)24)16-10-8-7-9-11-16/h7-13H,5-6H2,1-4H3,(H2,24,26). The van der Waals surface area contributed by atoms with Crippen LogP contribution in [0.2, 0.25) is 0 Å². The number of carbonyl (C=O) groups excluding carboxylic acids is 1. The van der Waals surface area contributed by atoms with E-state index in [1.807, 2.05) is 56.3 Å². The zero-order valence-corrected chi connectivity index (χ0v) is 18.9. The van der Waals surface area contributed by atoms with Gasteiger partial charge < -0.3 is 10.5 Å². The zero-order valence-electron chi connectivity index (χ0n) is 18.9. The predicted molar refractivity (Wildman–Crippen MR) is 126 cm³/mol. The molecule has 0 saturated heterocycles. The minimum Gasteiger partial charge on any atom is -0.448 e. The predicted octanol–water partition coefficient (Wildman–Crippen LogP) is 2.93. The highest BCUT2D eigenvalue weighted by Gasteiger charge is 2.26. The third-order valence-corrected chi connectivity index (χ3v) is 5.10. The van der Waals surface area contributed by atoms with Gasteiger partial charge in [0.2, 0.25) is 5.95 Å². The Morgan fingerprint density at radius 3 is 2.33 bits per heavy atom. The van der Waals surface area contributed by atoms with Gasteiger partial charge in [-0.3, -0.25) is 4.98 Å². The fourth-order valence-corrected chi connectivity index (χ4v) is 3.80. The summed E-state index contributed by atoms with van der Waals surface area (Å²) in [5, 5.41) is 5.64. The number of aromatic nitrogens is 5. The molecule has 0 aliphatic heterocycles. The number of benzene rings is 1. The molecule has 1 amide bonds. The molecule has 4 aromatic rings. The first kappa shape index (κ1) is 22.0. The largest absolute Gasteiger partial charge is 0.448 e. The minimum absolute atomic E-state index is 0.0359. The van der Waals surface area contributed by atoms with Crippen molar-refractivity contribution in [3.05, 3.63) is 64.3 Å². The van der Waals surface area contributed by atoms with E-state index in [4.69, 9.17) is 10.5 Å². The average molecular weight is 447 g/mol. The van der Waals surface area contributed by atoms with Crippen LogP contribution in [0, 0.1) is 13.8 Å². The van der Waals surface area contributed by atoms with Crippen LogP contribution in [0.25, 0.3) is 28.0 Å². The summed E-state index contributed by atoms with van der Waals surface area (Å²) in [4.78, 5) is 35.8. The molecule has 0 saturated carbocycles. The van der Waals surface area contributed by atoms with Gasteiger partial charge in [0, 0.05) is 23.5 Å². The fraction of sp³-hybridized carbons (Fsp3) is 0.261. The number of nitrogens with zero attached hydrogens (tertiary/aromatic N) is 6. The van der Waals surface area contributed by atoms with Crippen molar-refractivity contribution in [1.82, 2.24) is 24.3 Å². The van der Waals surface area contributed by atoms with Gasteiger partial charge in [-0.25, -0.2) is 19.0 Å². The van der Waals surface area contributed by atoms with Gasteiger partial charge >= 0.3 is 11.8 Å². The minimum atomic E-state index is -0.683. The van der Waals surface area contributed by atoms with Crippen LogP contribution >= 0.6 is 0 Å². The maximum Gasteiger partial charge on any atom is 0.430 e. The Bertz CT molecular complexity index is 1370. The number of rotatable bonds is 5. The summed E-state index contributed by atoms with van der Waals surface area (Å²) >= 11 is 0. The van der Waals surface area contributed by atoms with E-state index >= 15 is 0 Å². The van der Waals surface area contributed by atoms with E-state index in [1.54, 1.807) is 13.8 Å². The van der Waals surface area contributed by atoms with Crippen LogP contribution in [0.15, 0.2) is 47.3 Å². The summed E-state index contributed by atoms with van der Waals surface area (Å²) in [5.74, 6) is -0.0359. The van der Waals surface area contributed by atoms with Crippen LogP contribution in [0.4, 0.5) is 10.7 Å². The molecule has 0 spiro atoms. The summed E-state index contributed by atoms with van der Waals surface area (Å²) in [5.41, 5.74) is 10.3. The number of anilines is 1. The number of hydrogen-bond acceptors (Lipinski definition) is 7. The quantitative estimate of drug-likeness (QED) is 0.499. The molecule has 1 aromatic carbocycles. The van der Waals surface area contributed by atoms with Crippen LogP contribution in [0.1, 0.15) is 25.2 Å². The second kappa shape index (κ2) is 8.73. The maximum atomic E-state index is 13.3. The van der Waals surface area contributed by atoms with Crippen molar-refractivity contribution in [2.75, 3.05) is 23.9 Å². The fourth-order valence-electron chi connectivity index (χ4n) is 3.80. The number of aryl methyl sites for hydroxylation is 2. The number of carbonyl (C=O) groups is 1. The number of fused-ring (bicyclic) bond motifs is 1. The number of nitrogen functional groups attached to an aromatic ring is 1. The molecule has 170 valence electrons. The Labute approximate surface area is 190 Å². The Morgan fingerprint density at radius 1 is 1.06 bits per heavy atom. The summed E-state index contributed by atoms with van der Waals surface area (Å²) in [6.07, 6.45) is -0.683. The lowest BCUT2D eigenvalue weighted by Crippen LogP contribution is -2.47. The van der Waals surface area contributed by atoms with Crippen LogP contribution < -0.4 is 16.4 Å². The third-order valence-electron chi connectivity index (χ3n) is 5.10. The van der Waals surface area contributed by atoms with Crippen LogP contribution in [0.5, 0.6) is 0 Å². The molecule has 10 nitrogen and oxygen atoms in total. The molecular weight excluding hydrogens is 422 g/mol. The highest BCUT2D eigenvalue weighted by Crippen LogP contribution is 2.34. The Morgan fingerprint density at radius 2 is 1.73 bits per heavy atom. The van der Waals surface area contributed by atoms with Crippen molar-refractivity contribution >= 4 is 17.7 Å². The molecule has 0 fully saturated rings. The first-order chi connectivity index (χ1) is 15.8. The smallest absolute Gasteiger partial charge is 0.430 e. The summed E-state index contributed by atoms with van der Waals surface area (Å²) < 4.78 is 6.30. The number of amides is 1. The summed E-state index contributed by atoms with van der Waals surface area (Å²) in [7, 11) is 0. The normalized spacial score (nSPS) is 11.0. The van der Waals surface area contributed by atoms with E-state index in [-0.39, 0.29) is 24.7 Å². The number of hydrogen-bond donors (Lipinski definition) is 1. The Kier molecular flexibility index (Phi) is 5.82. The van der Waals surface area contributed by atoms with Gasteiger partial charge in [-0.15, -0.1) is 9.89 Å². The highest BCUT2D eigenvalue weighted by atomic mass is 16.6. The zero-order chi connectivity index (χ0) is 23.7. The van der Waals surface area contributed by atoms with E-state index in [0.717, 1.165) is 32.3 Å². The van der Waals surface area contributed by atoms with Crippen LogP contribution in [0.3, 0.4) is 0 Å². The Hall–Kier alpha value is -4.21. The molecule has 0 aliphatic rings. The van der Waals surface area contributed by atoms with E-state index < -0.39 is 11.8 Å². The lowest BCUT2D eigenvalue weighted by atomic mass is 9.99. The number of ether oxygens (including phenoxy) is 1. The molecule has 33 heavy (non-hydrogen) atoms. The number of nitrogens with two attached hydrogens (primary N) is 1. The third kappa shape index (κ3) is 3.91. The lowest BCUT2D eigenvalue weighted by molar-refractivity contribution is 0.151. The van der Waals surface area contributed by atoms with Crippen molar-refractivity contribution in [2.45, 2.75) is 27.7 Å². The van der Waals surface area contributed by atoms with Crippen molar-refractivity contribution < 1.29 is 9.53 Å².